The van der Waals surface area contributed by atoms with Gasteiger partial charge in [0.05, 0.1) is 0 Å². The van der Waals surface area contributed by atoms with Gasteiger partial charge in [-0.3, -0.25) is 0 Å². The monoisotopic (exact) mass is 231 g/mol. The van der Waals surface area contributed by atoms with E-state index in [-0.39, 0.29) is 5.82 Å². The molecule has 0 saturated heterocycles. The van der Waals surface area contributed by atoms with Crippen molar-refractivity contribution in [2.24, 2.45) is 0 Å². The summed E-state index contributed by atoms with van der Waals surface area (Å²) in [5, 5.41) is 6.08. The first-order chi connectivity index (χ1) is 8.19. The Morgan fingerprint density at radius 1 is 1.12 bits per heavy atom. The molecule has 2 rings (SSSR count). The normalized spacial score (nSPS) is 10.1. The molecule has 4 heteroatoms. The number of rotatable bonds is 3. The zero-order chi connectivity index (χ0) is 12.3. The van der Waals surface area contributed by atoms with E-state index in [9.17, 15) is 4.39 Å². The lowest BCUT2D eigenvalue weighted by atomic mass is 10.2. The molecule has 0 amide bonds. The molecule has 2 N–H and O–H groups in total. The topological polar surface area (TPSA) is 37.0 Å². The quantitative estimate of drug-likeness (QED) is 0.850. The fourth-order valence-electron chi connectivity index (χ4n) is 1.48. The second-order valence-electron chi connectivity index (χ2n) is 3.77. The van der Waals surface area contributed by atoms with E-state index >= 15 is 0 Å². The van der Waals surface area contributed by atoms with Crippen LogP contribution < -0.4 is 10.6 Å². The average Bonchev–Trinajstić information content (AvgIpc) is 2.34. The van der Waals surface area contributed by atoms with Crippen molar-refractivity contribution in [1.82, 2.24) is 4.98 Å². The lowest BCUT2D eigenvalue weighted by Gasteiger charge is -2.08. The number of hydrogen-bond donors (Lipinski definition) is 2. The van der Waals surface area contributed by atoms with Crippen molar-refractivity contribution >= 4 is 17.2 Å². The summed E-state index contributed by atoms with van der Waals surface area (Å²) in [6.45, 7) is 1.74. The highest BCUT2D eigenvalue weighted by molar-refractivity contribution is 5.62. The lowest BCUT2D eigenvalue weighted by molar-refractivity contribution is 0.619. The smallest absolute Gasteiger partial charge is 0.128 e. The van der Waals surface area contributed by atoms with Gasteiger partial charge in [-0.05, 0) is 30.7 Å². The van der Waals surface area contributed by atoms with Crippen molar-refractivity contribution in [2.45, 2.75) is 6.92 Å². The Hall–Kier alpha value is -2.10. The Bertz CT molecular complexity index is 526. The molecular weight excluding hydrogens is 217 g/mol. The van der Waals surface area contributed by atoms with Crippen LogP contribution in [-0.4, -0.2) is 12.0 Å². The number of aromatic nitrogens is 1. The molecule has 0 saturated carbocycles. The zero-order valence-electron chi connectivity index (χ0n) is 9.79. The maximum atomic E-state index is 13.4. The van der Waals surface area contributed by atoms with Crippen LogP contribution in [0.25, 0.3) is 0 Å². The second kappa shape index (κ2) is 4.82. The summed E-state index contributed by atoms with van der Waals surface area (Å²) >= 11 is 0. The number of benzene rings is 1. The molecule has 0 aliphatic carbocycles. The molecule has 1 heterocycles. The number of halogens is 1. The van der Waals surface area contributed by atoms with Gasteiger partial charge in [0.2, 0.25) is 0 Å². The molecular formula is C13H14FN3. The summed E-state index contributed by atoms with van der Waals surface area (Å²) in [7, 11) is 1.80. The number of hydrogen-bond acceptors (Lipinski definition) is 3. The molecule has 0 aliphatic rings. The van der Waals surface area contributed by atoms with E-state index in [0.717, 1.165) is 17.2 Å². The van der Waals surface area contributed by atoms with E-state index in [1.54, 1.807) is 26.2 Å². The van der Waals surface area contributed by atoms with Crippen LogP contribution in [-0.2, 0) is 0 Å². The molecule has 0 fully saturated rings. The van der Waals surface area contributed by atoms with Gasteiger partial charge < -0.3 is 10.6 Å². The summed E-state index contributed by atoms with van der Waals surface area (Å²) in [5.41, 5.74) is 2.23. The number of pyridine rings is 1. The van der Waals surface area contributed by atoms with E-state index in [1.165, 1.54) is 6.07 Å². The molecule has 0 aliphatic heterocycles. The third-order valence-electron chi connectivity index (χ3n) is 2.48. The molecule has 17 heavy (non-hydrogen) atoms. The van der Waals surface area contributed by atoms with Gasteiger partial charge in [0.15, 0.2) is 0 Å². The molecule has 0 spiro atoms. The van der Waals surface area contributed by atoms with E-state index < -0.39 is 0 Å². The van der Waals surface area contributed by atoms with Crippen molar-refractivity contribution < 1.29 is 4.39 Å². The lowest BCUT2D eigenvalue weighted by Crippen LogP contribution is -1.96. The molecule has 88 valence electrons. The fraction of sp³-hybridized carbons (Fsp3) is 0.154. The van der Waals surface area contributed by atoms with E-state index in [2.05, 4.69) is 15.6 Å². The van der Waals surface area contributed by atoms with Crippen LogP contribution in [0.3, 0.4) is 0 Å². The van der Waals surface area contributed by atoms with Crippen LogP contribution in [0.2, 0.25) is 0 Å². The first-order valence-electron chi connectivity index (χ1n) is 5.36. The summed E-state index contributed by atoms with van der Waals surface area (Å²) in [6, 6.07) is 8.76. The van der Waals surface area contributed by atoms with Gasteiger partial charge in [-0.1, -0.05) is 6.07 Å². The number of nitrogens with zero attached hydrogens (tertiary/aromatic N) is 1. The zero-order valence-corrected chi connectivity index (χ0v) is 9.79. The molecule has 1 aromatic heterocycles. The fourth-order valence-corrected chi connectivity index (χ4v) is 1.48. The van der Waals surface area contributed by atoms with Gasteiger partial charge in [-0.15, -0.1) is 0 Å². The second-order valence-corrected chi connectivity index (χ2v) is 3.77. The molecule has 0 radical (unpaired) electrons. The molecule has 0 atom stereocenters. The summed E-state index contributed by atoms with van der Waals surface area (Å²) in [6.07, 6.45) is 1.69. The standard InChI is InChI=1S/C13H14FN3/c1-9-3-4-10(7-12(9)14)17-11-5-6-16-13(8-11)15-2/h3-8H,1-2H3,(H2,15,16,17). The van der Waals surface area contributed by atoms with E-state index in [4.69, 9.17) is 0 Å². The predicted octanol–water partition coefficient (Wildman–Crippen LogP) is 3.31. The van der Waals surface area contributed by atoms with Crippen molar-refractivity contribution in [3.8, 4) is 0 Å². The maximum Gasteiger partial charge on any atom is 0.128 e. The number of nitrogens with one attached hydrogen (secondary N) is 2. The number of aryl methyl sites for hydroxylation is 1. The molecule has 2 aromatic rings. The highest BCUT2D eigenvalue weighted by atomic mass is 19.1. The largest absolute Gasteiger partial charge is 0.373 e. The van der Waals surface area contributed by atoms with Crippen LogP contribution in [0, 0.1) is 12.7 Å². The molecule has 0 bridgehead atoms. The Balaban J connectivity index is 2.22. The highest BCUT2D eigenvalue weighted by Gasteiger charge is 2.00. The SMILES string of the molecule is CNc1cc(Nc2ccc(C)c(F)c2)ccn1. The van der Waals surface area contributed by atoms with Crippen LogP contribution in [0.4, 0.5) is 21.6 Å². The van der Waals surface area contributed by atoms with E-state index in [1.807, 2.05) is 18.2 Å². The van der Waals surface area contributed by atoms with Crippen LogP contribution in [0.1, 0.15) is 5.56 Å². The van der Waals surface area contributed by atoms with Gasteiger partial charge in [0, 0.05) is 30.7 Å². The summed E-state index contributed by atoms with van der Waals surface area (Å²) in [4.78, 5) is 4.11. The molecule has 3 nitrogen and oxygen atoms in total. The minimum atomic E-state index is -0.210. The predicted molar refractivity (Wildman–Crippen MR) is 68.2 cm³/mol. The van der Waals surface area contributed by atoms with Gasteiger partial charge >= 0.3 is 0 Å². The Morgan fingerprint density at radius 3 is 2.59 bits per heavy atom. The van der Waals surface area contributed by atoms with Crippen molar-refractivity contribution in [1.29, 1.82) is 0 Å². The number of anilines is 3. The van der Waals surface area contributed by atoms with Gasteiger partial charge in [0.1, 0.15) is 11.6 Å². The molecule has 1 aromatic carbocycles. The van der Waals surface area contributed by atoms with Gasteiger partial charge in [0.25, 0.3) is 0 Å². The summed E-state index contributed by atoms with van der Waals surface area (Å²) in [5.74, 6) is 0.556. The molecule has 0 unspecified atom stereocenters. The highest BCUT2D eigenvalue weighted by Crippen LogP contribution is 2.20. The summed E-state index contributed by atoms with van der Waals surface area (Å²) < 4.78 is 13.4. The first-order valence-corrected chi connectivity index (χ1v) is 5.36. The Morgan fingerprint density at radius 2 is 1.88 bits per heavy atom. The van der Waals surface area contributed by atoms with E-state index in [0.29, 0.717) is 5.56 Å². The maximum absolute atomic E-state index is 13.4. The third-order valence-corrected chi connectivity index (χ3v) is 2.48. The minimum absolute atomic E-state index is 0.210. The van der Waals surface area contributed by atoms with Crippen LogP contribution >= 0.6 is 0 Å². The third kappa shape index (κ3) is 2.72. The van der Waals surface area contributed by atoms with Crippen LogP contribution in [0.15, 0.2) is 36.5 Å². The van der Waals surface area contributed by atoms with Gasteiger partial charge in [-0.2, -0.15) is 0 Å². The van der Waals surface area contributed by atoms with Crippen molar-refractivity contribution in [3.63, 3.8) is 0 Å². The Kier molecular flexibility index (Phi) is 3.23. The van der Waals surface area contributed by atoms with Crippen molar-refractivity contribution in [2.75, 3.05) is 17.7 Å². The first kappa shape index (κ1) is 11.4. The minimum Gasteiger partial charge on any atom is -0.373 e. The average molecular weight is 231 g/mol. The Labute approximate surface area is 99.7 Å². The van der Waals surface area contributed by atoms with Crippen molar-refractivity contribution in [3.05, 3.63) is 47.9 Å². The van der Waals surface area contributed by atoms with Crippen LogP contribution in [0.5, 0.6) is 0 Å². The van der Waals surface area contributed by atoms with Gasteiger partial charge in [-0.25, -0.2) is 9.37 Å².